The van der Waals surface area contributed by atoms with Gasteiger partial charge in [-0.25, -0.2) is 10.7 Å². The molecule has 0 atom stereocenters. The number of anilines is 1. The maximum atomic E-state index is 10.2. The number of rotatable bonds is 3. The molecule has 2 N–H and O–H groups in total. The van der Waals surface area contributed by atoms with Crippen LogP contribution >= 0.6 is 0 Å². The van der Waals surface area contributed by atoms with Crippen molar-refractivity contribution in [1.29, 1.82) is 0 Å². The van der Waals surface area contributed by atoms with Crippen LogP contribution < -0.4 is 5.48 Å². The standard InChI is InChI=1S/C7H7NO3.C2H6/c9-5-6-2-1-3-7(4-6)8-11-10;1-2/h1-5,8,10H;1-2H3. The van der Waals surface area contributed by atoms with Gasteiger partial charge in [-0.1, -0.05) is 26.0 Å². The summed E-state index contributed by atoms with van der Waals surface area (Å²) in [5, 5.41) is 7.98. The molecule has 4 nitrogen and oxygen atoms in total. The van der Waals surface area contributed by atoms with Crippen molar-refractivity contribution in [2.45, 2.75) is 13.8 Å². The van der Waals surface area contributed by atoms with Gasteiger partial charge in [0, 0.05) is 5.56 Å². The van der Waals surface area contributed by atoms with Crippen LogP contribution in [0.4, 0.5) is 5.69 Å². The Hall–Kier alpha value is -1.39. The van der Waals surface area contributed by atoms with Gasteiger partial charge in [0.05, 0.1) is 5.69 Å². The zero-order valence-electron chi connectivity index (χ0n) is 7.65. The van der Waals surface area contributed by atoms with E-state index >= 15 is 0 Å². The van der Waals surface area contributed by atoms with Crippen molar-refractivity contribution >= 4 is 12.0 Å². The Labute approximate surface area is 77.0 Å². The summed E-state index contributed by atoms with van der Waals surface area (Å²) in [6, 6.07) is 6.52. The third kappa shape index (κ3) is 4.25. The molecule has 0 saturated carbocycles. The third-order valence-electron chi connectivity index (χ3n) is 1.19. The van der Waals surface area contributed by atoms with Crippen LogP contribution in [0.1, 0.15) is 24.2 Å². The Kier molecular flexibility index (Phi) is 6.49. The zero-order valence-corrected chi connectivity index (χ0v) is 7.65. The highest BCUT2D eigenvalue weighted by Gasteiger charge is 1.92. The van der Waals surface area contributed by atoms with Crippen LogP contribution in [-0.4, -0.2) is 11.5 Å². The summed E-state index contributed by atoms with van der Waals surface area (Å²) >= 11 is 0. The molecule has 0 unspecified atom stereocenters. The topological polar surface area (TPSA) is 58.6 Å². The van der Waals surface area contributed by atoms with Gasteiger partial charge in [0.25, 0.3) is 0 Å². The van der Waals surface area contributed by atoms with Crippen LogP contribution in [0.2, 0.25) is 0 Å². The molecule has 0 aliphatic rings. The summed E-state index contributed by atoms with van der Waals surface area (Å²) < 4.78 is 0. The highest BCUT2D eigenvalue weighted by Crippen LogP contribution is 2.07. The summed E-state index contributed by atoms with van der Waals surface area (Å²) in [6.45, 7) is 4.00. The molecule has 0 saturated heterocycles. The summed E-state index contributed by atoms with van der Waals surface area (Å²) in [4.78, 5) is 13.9. The van der Waals surface area contributed by atoms with Gasteiger partial charge in [-0.2, -0.15) is 0 Å². The van der Waals surface area contributed by atoms with E-state index in [2.05, 4.69) is 10.5 Å². The lowest BCUT2D eigenvalue weighted by atomic mass is 10.2. The first-order valence-electron chi connectivity index (χ1n) is 3.98. The zero-order chi connectivity index (χ0) is 10.1. The van der Waals surface area contributed by atoms with Crippen LogP contribution in [0.5, 0.6) is 0 Å². The Balaban J connectivity index is 0.000000671. The monoisotopic (exact) mass is 183 g/mol. The first kappa shape index (κ1) is 11.6. The molecule has 1 aromatic rings. The lowest BCUT2D eigenvalue weighted by molar-refractivity contribution is -0.215. The van der Waals surface area contributed by atoms with Gasteiger partial charge in [0.1, 0.15) is 6.29 Å². The fourth-order valence-electron chi connectivity index (χ4n) is 0.728. The molecule has 4 heteroatoms. The summed E-state index contributed by atoms with van der Waals surface area (Å²) in [5.41, 5.74) is 3.22. The van der Waals surface area contributed by atoms with Crippen molar-refractivity contribution < 1.29 is 15.0 Å². The quantitative estimate of drug-likeness (QED) is 0.429. The molecule has 0 aliphatic carbocycles. The predicted octanol–water partition coefficient (Wildman–Crippen LogP) is 2.34. The number of nitrogens with one attached hydrogen (secondary N) is 1. The smallest absolute Gasteiger partial charge is 0.150 e. The second-order valence-electron chi connectivity index (χ2n) is 1.94. The molecule has 0 spiro atoms. The normalized spacial score (nSPS) is 8.23. The fraction of sp³-hybridized carbons (Fsp3) is 0.222. The molecule has 1 rings (SSSR count). The van der Waals surface area contributed by atoms with Crippen LogP contribution in [-0.2, 0) is 4.99 Å². The maximum Gasteiger partial charge on any atom is 0.150 e. The van der Waals surface area contributed by atoms with Gasteiger partial charge >= 0.3 is 0 Å². The summed E-state index contributed by atoms with van der Waals surface area (Å²) in [7, 11) is 0. The van der Waals surface area contributed by atoms with Gasteiger partial charge in [-0.05, 0) is 12.1 Å². The van der Waals surface area contributed by atoms with Gasteiger partial charge in [-0.3, -0.25) is 4.79 Å². The van der Waals surface area contributed by atoms with E-state index < -0.39 is 0 Å². The number of hydrogen-bond acceptors (Lipinski definition) is 4. The molecule has 13 heavy (non-hydrogen) atoms. The van der Waals surface area contributed by atoms with E-state index in [0.29, 0.717) is 17.5 Å². The number of benzene rings is 1. The molecule has 0 radical (unpaired) electrons. The van der Waals surface area contributed by atoms with Crippen LogP contribution in [0.25, 0.3) is 0 Å². The highest BCUT2D eigenvalue weighted by atomic mass is 17.2. The first-order chi connectivity index (χ1) is 6.36. The van der Waals surface area contributed by atoms with Gasteiger partial charge in [0.15, 0.2) is 0 Å². The van der Waals surface area contributed by atoms with Crippen molar-refractivity contribution in [2.75, 3.05) is 5.48 Å². The predicted molar refractivity (Wildman–Crippen MR) is 50.5 cm³/mol. The summed E-state index contributed by atoms with van der Waals surface area (Å²) in [6.07, 6.45) is 0.711. The van der Waals surface area contributed by atoms with E-state index in [1.165, 1.54) is 0 Å². The van der Waals surface area contributed by atoms with Gasteiger partial charge in [0.2, 0.25) is 0 Å². The maximum absolute atomic E-state index is 10.2. The van der Waals surface area contributed by atoms with E-state index in [1.807, 2.05) is 13.8 Å². The molecular formula is C9H13NO3. The number of carbonyl (C=O) groups is 1. The van der Waals surface area contributed by atoms with E-state index in [-0.39, 0.29) is 0 Å². The minimum atomic E-state index is 0.520. The first-order valence-corrected chi connectivity index (χ1v) is 3.98. The van der Waals surface area contributed by atoms with Gasteiger partial charge in [-0.15, -0.1) is 4.99 Å². The number of aldehydes is 1. The van der Waals surface area contributed by atoms with Crippen molar-refractivity contribution in [3.8, 4) is 0 Å². The van der Waals surface area contributed by atoms with E-state index in [1.54, 1.807) is 24.3 Å². The SMILES string of the molecule is CC.O=Cc1cccc(NOO)c1. The molecule has 0 fully saturated rings. The molecule has 0 amide bonds. The Morgan fingerprint density at radius 1 is 1.46 bits per heavy atom. The van der Waals surface area contributed by atoms with Crippen LogP contribution in [0.3, 0.4) is 0 Å². The Morgan fingerprint density at radius 3 is 2.69 bits per heavy atom. The van der Waals surface area contributed by atoms with E-state index in [9.17, 15) is 4.79 Å². The Bertz CT molecular complexity index is 250. The second kappa shape index (κ2) is 7.27. The van der Waals surface area contributed by atoms with Crippen molar-refractivity contribution in [3.05, 3.63) is 29.8 Å². The number of carbonyl (C=O) groups excluding carboxylic acids is 1. The fourth-order valence-corrected chi connectivity index (χ4v) is 0.728. The summed E-state index contributed by atoms with van der Waals surface area (Å²) in [5.74, 6) is 0. The second-order valence-corrected chi connectivity index (χ2v) is 1.94. The minimum Gasteiger partial charge on any atom is -0.298 e. The van der Waals surface area contributed by atoms with Crippen LogP contribution in [0.15, 0.2) is 24.3 Å². The molecular weight excluding hydrogens is 170 g/mol. The molecule has 1 aromatic carbocycles. The molecule has 0 aromatic heterocycles. The molecule has 0 bridgehead atoms. The van der Waals surface area contributed by atoms with Crippen LogP contribution in [0, 0.1) is 0 Å². The van der Waals surface area contributed by atoms with Crippen molar-refractivity contribution in [2.24, 2.45) is 0 Å². The average molecular weight is 183 g/mol. The van der Waals surface area contributed by atoms with Crippen molar-refractivity contribution in [1.82, 2.24) is 0 Å². The van der Waals surface area contributed by atoms with Crippen molar-refractivity contribution in [3.63, 3.8) is 0 Å². The highest BCUT2D eigenvalue weighted by molar-refractivity contribution is 5.76. The Morgan fingerprint density at radius 2 is 2.15 bits per heavy atom. The van der Waals surface area contributed by atoms with Gasteiger partial charge < -0.3 is 0 Å². The average Bonchev–Trinajstić information content (AvgIpc) is 2.22. The lowest BCUT2D eigenvalue weighted by Gasteiger charge is -1.99. The number of hydrogen-bond donors (Lipinski definition) is 2. The van der Waals surface area contributed by atoms with E-state index in [0.717, 1.165) is 0 Å². The third-order valence-corrected chi connectivity index (χ3v) is 1.19. The van der Waals surface area contributed by atoms with E-state index in [4.69, 9.17) is 5.26 Å². The lowest BCUT2D eigenvalue weighted by Crippen LogP contribution is -1.96. The molecule has 0 heterocycles. The molecule has 72 valence electrons. The molecule has 0 aliphatic heterocycles. The minimum absolute atomic E-state index is 0.520. The largest absolute Gasteiger partial charge is 0.298 e.